The zero-order chi connectivity index (χ0) is 13.2. The molecule has 0 bridgehead atoms. The Morgan fingerprint density at radius 2 is 1.75 bits per heavy atom. The van der Waals surface area contributed by atoms with Crippen molar-refractivity contribution in [3.63, 3.8) is 0 Å². The molecule has 7 nitrogen and oxygen atoms in total. The summed E-state index contributed by atoms with van der Waals surface area (Å²) in [6.45, 7) is 1.73. The molecule has 1 heterocycles. The Morgan fingerprint density at radius 3 is 2.30 bits per heavy atom. The van der Waals surface area contributed by atoms with Crippen LogP contribution < -0.4 is 35.3 Å². The number of sulfonamides is 1. The number of benzene rings is 1. The second-order valence-electron chi connectivity index (χ2n) is 3.63. The molecule has 0 amide bonds. The summed E-state index contributed by atoms with van der Waals surface area (Å²) in [6.07, 6.45) is 1.46. The van der Waals surface area contributed by atoms with Crippen LogP contribution in [0.25, 0.3) is 4.72 Å². The second-order valence-corrected chi connectivity index (χ2v) is 5.24. The summed E-state index contributed by atoms with van der Waals surface area (Å²) in [7, 11) is -3.80. The van der Waals surface area contributed by atoms with Gasteiger partial charge in [0.2, 0.25) is 10.0 Å². The van der Waals surface area contributed by atoms with Crippen molar-refractivity contribution in [1.82, 2.24) is 9.97 Å². The molecule has 0 aliphatic rings. The van der Waals surface area contributed by atoms with E-state index in [0.29, 0.717) is 11.4 Å². The molecule has 9 heteroatoms. The fourth-order valence-electron chi connectivity index (χ4n) is 1.28. The van der Waals surface area contributed by atoms with Crippen molar-refractivity contribution in [3.8, 4) is 0 Å². The minimum absolute atomic E-state index is 0. The van der Waals surface area contributed by atoms with Crippen LogP contribution in [0.4, 0.5) is 11.6 Å². The van der Waals surface area contributed by atoms with Crippen molar-refractivity contribution < 1.29 is 43.5 Å². The first-order valence-electron chi connectivity index (χ1n) is 5.10. The topological polar surface area (TPSA) is 132 Å². The number of hydrogen-bond donors (Lipinski definition) is 1. The second kappa shape index (κ2) is 7.55. The van der Waals surface area contributed by atoms with E-state index < -0.39 is 10.0 Å². The van der Waals surface area contributed by atoms with E-state index in [9.17, 15) is 8.42 Å². The molecule has 0 unspecified atom stereocenters. The van der Waals surface area contributed by atoms with Gasteiger partial charge in [0.1, 0.15) is 0 Å². The van der Waals surface area contributed by atoms with E-state index in [4.69, 9.17) is 5.73 Å². The first kappa shape index (κ1) is 18.8. The predicted molar refractivity (Wildman–Crippen MR) is 71.4 cm³/mol. The van der Waals surface area contributed by atoms with Gasteiger partial charge in [-0.3, -0.25) is 4.72 Å². The molecular weight excluding hydrogens is 291 g/mol. The fraction of sp³-hybridized carbons (Fsp3) is 0.0909. The van der Waals surface area contributed by atoms with E-state index in [-0.39, 0.29) is 45.9 Å². The maximum absolute atomic E-state index is 11.9. The van der Waals surface area contributed by atoms with Crippen molar-refractivity contribution in [2.24, 2.45) is 0 Å². The third-order valence-corrected chi connectivity index (χ3v) is 3.43. The van der Waals surface area contributed by atoms with Gasteiger partial charge in [-0.05, 0) is 43.1 Å². The summed E-state index contributed by atoms with van der Waals surface area (Å²) in [5.41, 5.74) is 6.63. The summed E-state index contributed by atoms with van der Waals surface area (Å²) < 4.78 is 27.4. The number of hydrogen-bond acceptors (Lipinski definition) is 5. The van der Waals surface area contributed by atoms with Crippen molar-refractivity contribution in [1.29, 1.82) is 0 Å². The molecule has 2 aromatic rings. The van der Waals surface area contributed by atoms with Crippen molar-refractivity contribution in [3.05, 3.63) is 46.9 Å². The van der Waals surface area contributed by atoms with Crippen molar-refractivity contribution in [2.45, 2.75) is 11.8 Å². The number of rotatable bonds is 3. The quantitative estimate of drug-likeness (QED) is 0.514. The molecule has 20 heavy (non-hydrogen) atoms. The van der Waals surface area contributed by atoms with Crippen LogP contribution in [0.3, 0.4) is 0 Å². The van der Waals surface area contributed by atoms with Gasteiger partial charge in [-0.15, -0.1) is 0 Å². The van der Waals surface area contributed by atoms with E-state index in [2.05, 4.69) is 14.7 Å². The first-order valence-corrected chi connectivity index (χ1v) is 6.54. The molecule has 0 aliphatic carbocycles. The Hall–Kier alpha value is -1.19. The number of anilines is 1. The van der Waals surface area contributed by atoms with Gasteiger partial charge in [0.15, 0.2) is 0 Å². The molecule has 0 aliphatic heterocycles. The van der Waals surface area contributed by atoms with Crippen LogP contribution in [0.2, 0.25) is 0 Å². The Bertz CT molecular complexity index is 662. The van der Waals surface area contributed by atoms with Gasteiger partial charge in [0.25, 0.3) is 0 Å². The van der Waals surface area contributed by atoms with Crippen LogP contribution in [-0.2, 0) is 10.0 Å². The number of nitrogens with zero attached hydrogens (tertiary/aromatic N) is 3. The minimum atomic E-state index is -3.80. The van der Waals surface area contributed by atoms with Crippen molar-refractivity contribution in [2.75, 3.05) is 5.73 Å². The minimum Gasteiger partial charge on any atom is -0.412 e. The normalized spacial score (nSPS) is 10.1. The summed E-state index contributed by atoms with van der Waals surface area (Å²) in [4.78, 5) is 7.76. The van der Waals surface area contributed by atoms with E-state index in [0.717, 1.165) is 0 Å². The number of aryl methyl sites for hydroxylation is 1. The fourth-order valence-corrected chi connectivity index (χ4v) is 2.17. The molecular formula is C11H13N4NaO3S. The average Bonchev–Trinajstić information content (AvgIpc) is 2.29. The van der Waals surface area contributed by atoms with Gasteiger partial charge in [-0.25, -0.2) is 8.42 Å². The monoisotopic (exact) mass is 304 g/mol. The molecule has 102 valence electrons. The van der Waals surface area contributed by atoms with E-state index in [1.54, 1.807) is 13.0 Å². The third-order valence-electron chi connectivity index (χ3n) is 2.16. The molecule has 0 fully saturated rings. The summed E-state index contributed by atoms with van der Waals surface area (Å²) in [5, 5.41) is 0. The zero-order valence-corrected chi connectivity index (χ0v) is 13.9. The summed E-state index contributed by atoms with van der Waals surface area (Å²) in [6, 6.07) is 7.45. The Kier molecular flexibility index (Phi) is 7.11. The van der Waals surface area contributed by atoms with Gasteiger partial charge in [-0.2, -0.15) is 0 Å². The van der Waals surface area contributed by atoms with Crippen LogP contribution in [0.5, 0.6) is 0 Å². The van der Waals surface area contributed by atoms with Gasteiger partial charge < -0.3 is 21.2 Å². The van der Waals surface area contributed by atoms with E-state index >= 15 is 0 Å². The standard InChI is InChI=1S/C11H11N4O2S.Na.H2O/c1-8-6-7-13-11(14-8)15-18(16,17)10-4-2-9(12)3-5-10;;/h2-7H,12H2,1H3;;1H2/q-1;+1;. The smallest absolute Gasteiger partial charge is 0.412 e. The van der Waals surface area contributed by atoms with Gasteiger partial charge >= 0.3 is 29.6 Å². The van der Waals surface area contributed by atoms with Gasteiger partial charge in [0.05, 0.1) is 4.90 Å². The summed E-state index contributed by atoms with van der Waals surface area (Å²) >= 11 is 0. The maximum Gasteiger partial charge on any atom is 1.00 e. The first-order chi connectivity index (χ1) is 8.47. The molecule has 0 atom stereocenters. The van der Waals surface area contributed by atoms with Crippen LogP contribution >= 0.6 is 0 Å². The molecule has 1 aromatic carbocycles. The number of aromatic nitrogens is 2. The Labute approximate surface area is 139 Å². The van der Waals surface area contributed by atoms with Crippen molar-refractivity contribution >= 4 is 21.7 Å². The molecule has 1 aromatic heterocycles. The molecule has 0 saturated carbocycles. The largest absolute Gasteiger partial charge is 1.00 e. The zero-order valence-electron chi connectivity index (χ0n) is 11.1. The summed E-state index contributed by atoms with van der Waals surface area (Å²) in [5.74, 6) is -0.0770. The molecule has 0 saturated heterocycles. The molecule has 0 radical (unpaired) electrons. The Morgan fingerprint density at radius 1 is 1.15 bits per heavy atom. The van der Waals surface area contributed by atoms with E-state index in [1.165, 1.54) is 30.5 Å². The van der Waals surface area contributed by atoms with E-state index in [1.807, 2.05) is 0 Å². The van der Waals surface area contributed by atoms with Crippen LogP contribution in [0, 0.1) is 6.92 Å². The molecule has 2 rings (SSSR count). The Balaban J connectivity index is 0.00000180. The maximum atomic E-state index is 11.9. The molecule has 4 N–H and O–H groups in total. The average molecular weight is 304 g/mol. The SMILES string of the molecule is Cc1ccnc([N-]S(=O)(=O)c2ccc(N)cc2)n1.O.[Na+]. The number of nitrogens with two attached hydrogens (primary N) is 1. The van der Waals surface area contributed by atoms with Gasteiger partial charge in [0, 0.05) is 11.6 Å². The third kappa shape index (κ3) is 4.73. The molecule has 0 spiro atoms. The predicted octanol–water partition coefficient (Wildman–Crippen LogP) is -2.06. The number of nitrogen functional groups attached to an aromatic ring is 1. The van der Waals surface area contributed by atoms with Gasteiger partial charge in [-0.1, -0.05) is 6.07 Å². The van der Waals surface area contributed by atoms with Crippen LogP contribution in [0.15, 0.2) is 41.4 Å². The van der Waals surface area contributed by atoms with Crippen LogP contribution in [-0.4, -0.2) is 23.9 Å². The van der Waals surface area contributed by atoms with Crippen LogP contribution in [0.1, 0.15) is 5.69 Å².